The van der Waals surface area contributed by atoms with E-state index in [9.17, 15) is 14.0 Å². The molecule has 1 saturated heterocycles. The minimum absolute atomic E-state index is 0.0400. The third-order valence-corrected chi connectivity index (χ3v) is 5.58. The van der Waals surface area contributed by atoms with Crippen molar-refractivity contribution in [3.8, 4) is 5.75 Å². The normalized spacial score (nSPS) is 15.8. The molecule has 32 heavy (non-hydrogen) atoms. The number of nitrogens with zero attached hydrogens (tertiary/aromatic N) is 2. The Morgan fingerprint density at radius 2 is 1.72 bits per heavy atom. The van der Waals surface area contributed by atoms with Gasteiger partial charge in [-0.1, -0.05) is 44.2 Å². The van der Waals surface area contributed by atoms with E-state index in [-0.39, 0.29) is 30.2 Å². The van der Waals surface area contributed by atoms with E-state index in [1.165, 1.54) is 12.1 Å². The van der Waals surface area contributed by atoms with Crippen LogP contribution in [-0.4, -0.2) is 60.4 Å². The van der Waals surface area contributed by atoms with E-state index in [2.05, 4.69) is 10.2 Å². The monoisotopic (exact) mass is 441 g/mol. The molecule has 0 radical (unpaired) electrons. The van der Waals surface area contributed by atoms with Crippen LogP contribution in [0.3, 0.4) is 0 Å². The standard InChI is InChI=1S/C25H32FN3O3/c1-19(2)24(27-23(30)18-32-22-7-4-3-5-8-22)25(31)29-14-6-13-28(15-16-29)17-20-9-11-21(26)12-10-20/h3-5,7-12,19,24H,6,13-18H2,1-2H3,(H,27,30). The second kappa shape index (κ2) is 11.6. The predicted molar refractivity (Wildman–Crippen MR) is 122 cm³/mol. The number of hydrogen-bond acceptors (Lipinski definition) is 4. The molecule has 3 rings (SSSR count). The summed E-state index contributed by atoms with van der Waals surface area (Å²) in [4.78, 5) is 29.8. The van der Waals surface area contributed by atoms with Gasteiger partial charge < -0.3 is 15.0 Å². The summed E-state index contributed by atoms with van der Waals surface area (Å²) in [5.41, 5.74) is 1.05. The summed E-state index contributed by atoms with van der Waals surface area (Å²) in [7, 11) is 0. The van der Waals surface area contributed by atoms with Crippen molar-refractivity contribution in [1.29, 1.82) is 0 Å². The third-order valence-electron chi connectivity index (χ3n) is 5.58. The molecule has 6 nitrogen and oxygen atoms in total. The minimum Gasteiger partial charge on any atom is -0.484 e. The number of carbonyl (C=O) groups is 2. The molecule has 2 amide bonds. The number of hydrogen-bond donors (Lipinski definition) is 1. The number of ether oxygens (including phenoxy) is 1. The van der Waals surface area contributed by atoms with E-state index in [0.29, 0.717) is 18.8 Å². The summed E-state index contributed by atoms with van der Waals surface area (Å²) in [6, 6.07) is 15.1. The Balaban J connectivity index is 1.52. The number of rotatable bonds is 8. The zero-order chi connectivity index (χ0) is 22.9. The highest BCUT2D eigenvalue weighted by molar-refractivity contribution is 5.88. The molecule has 1 fully saturated rings. The SMILES string of the molecule is CC(C)C(NC(=O)COc1ccccc1)C(=O)N1CCCN(Cc2ccc(F)cc2)CC1. The molecule has 2 aromatic rings. The van der Waals surface area contributed by atoms with Gasteiger partial charge in [0.2, 0.25) is 5.91 Å². The zero-order valence-corrected chi connectivity index (χ0v) is 18.8. The van der Waals surface area contributed by atoms with Gasteiger partial charge in [0.1, 0.15) is 17.6 Å². The highest BCUT2D eigenvalue weighted by Crippen LogP contribution is 2.13. The molecule has 1 heterocycles. The molecular formula is C25H32FN3O3. The quantitative estimate of drug-likeness (QED) is 0.684. The second-order valence-corrected chi connectivity index (χ2v) is 8.47. The fourth-order valence-corrected chi connectivity index (χ4v) is 3.79. The molecule has 1 N–H and O–H groups in total. The van der Waals surface area contributed by atoms with E-state index < -0.39 is 6.04 Å². The molecule has 0 saturated carbocycles. The van der Waals surface area contributed by atoms with E-state index in [0.717, 1.165) is 31.6 Å². The number of benzene rings is 2. The maximum absolute atomic E-state index is 13.2. The summed E-state index contributed by atoms with van der Waals surface area (Å²) in [5, 5.41) is 2.86. The molecule has 1 atom stereocenters. The molecule has 0 bridgehead atoms. The largest absolute Gasteiger partial charge is 0.484 e. The summed E-state index contributed by atoms with van der Waals surface area (Å²) >= 11 is 0. The van der Waals surface area contributed by atoms with Crippen molar-refractivity contribution in [2.24, 2.45) is 5.92 Å². The summed E-state index contributed by atoms with van der Waals surface area (Å²) in [5.74, 6) is -0.0340. The van der Waals surface area contributed by atoms with Gasteiger partial charge in [-0.3, -0.25) is 14.5 Å². The molecule has 0 spiro atoms. The lowest BCUT2D eigenvalue weighted by Gasteiger charge is -2.29. The Hall–Kier alpha value is -2.93. The fourth-order valence-electron chi connectivity index (χ4n) is 3.79. The molecule has 1 aliphatic rings. The molecule has 172 valence electrons. The van der Waals surface area contributed by atoms with Crippen LogP contribution in [0.4, 0.5) is 4.39 Å². The summed E-state index contributed by atoms with van der Waals surface area (Å²) in [6.07, 6.45) is 0.850. The third kappa shape index (κ3) is 7.05. The van der Waals surface area contributed by atoms with Gasteiger partial charge in [-0.2, -0.15) is 0 Å². The van der Waals surface area contributed by atoms with Crippen molar-refractivity contribution in [1.82, 2.24) is 15.1 Å². The molecule has 0 aliphatic carbocycles. The number of para-hydroxylation sites is 1. The average Bonchev–Trinajstić information content (AvgIpc) is 3.03. The van der Waals surface area contributed by atoms with Gasteiger partial charge in [0.15, 0.2) is 6.61 Å². The first-order chi connectivity index (χ1) is 15.4. The van der Waals surface area contributed by atoms with Crippen LogP contribution in [0.2, 0.25) is 0 Å². The van der Waals surface area contributed by atoms with Gasteiger partial charge in [-0.15, -0.1) is 0 Å². The van der Waals surface area contributed by atoms with Gasteiger partial charge in [-0.25, -0.2) is 4.39 Å². The maximum Gasteiger partial charge on any atom is 0.258 e. The maximum atomic E-state index is 13.2. The van der Waals surface area contributed by atoms with Crippen LogP contribution in [0.5, 0.6) is 5.75 Å². The van der Waals surface area contributed by atoms with Crippen molar-refractivity contribution < 1.29 is 18.7 Å². The first-order valence-corrected chi connectivity index (χ1v) is 11.1. The molecule has 2 aromatic carbocycles. The molecule has 1 unspecified atom stereocenters. The zero-order valence-electron chi connectivity index (χ0n) is 18.8. The van der Waals surface area contributed by atoms with Gasteiger partial charge in [0, 0.05) is 32.7 Å². The smallest absolute Gasteiger partial charge is 0.258 e. The number of nitrogens with one attached hydrogen (secondary N) is 1. The molecular weight excluding hydrogens is 409 g/mol. The Kier molecular flexibility index (Phi) is 8.62. The Morgan fingerprint density at radius 3 is 2.41 bits per heavy atom. The molecule has 7 heteroatoms. The Labute approximate surface area is 189 Å². The average molecular weight is 442 g/mol. The van der Waals surface area contributed by atoms with Gasteiger partial charge >= 0.3 is 0 Å². The highest BCUT2D eigenvalue weighted by Gasteiger charge is 2.30. The van der Waals surface area contributed by atoms with Crippen LogP contribution in [0.25, 0.3) is 0 Å². The number of carbonyl (C=O) groups excluding carboxylic acids is 2. The molecule has 1 aliphatic heterocycles. The summed E-state index contributed by atoms with van der Waals surface area (Å²) in [6.45, 7) is 7.30. The number of halogens is 1. The fraction of sp³-hybridized carbons (Fsp3) is 0.440. The van der Waals surface area contributed by atoms with Crippen LogP contribution in [0.15, 0.2) is 54.6 Å². The van der Waals surface area contributed by atoms with Crippen LogP contribution in [-0.2, 0) is 16.1 Å². The minimum atomic E-state index is -0.592. The van der Waals surface area contributed by atoms with Crippen LogP contribution >= 0.6 is 0 Å². The van der Waals surface area contributed by atoms with Crippen LogP contribution < -0.4 is 10.1 Å². The van der Waals surface area contributed by atoms with Crippen molar-refractivity contribution in [2.75, 3.05) is 32.8 Å². The van der Waals surface area contributed by atoms with Crippen molar-refractivity contribution >= 4 is 11.8 Å². The Bertz CT molecular complexity index is 874. The van der Waals surface area contributed by atoms with Gasteiger partial charge in [0.05, 0.1) is 0 Å². The highest BCUT2D eigenvalue weighted by atomic mass is 19.1. The van der Waals surface area contributed by atoms with E-state index in [1.54, 1.807) is 24.3 Å². The van der Waals surface area contributed by atoms with Gasteiger partial charge in [-0.05, 0) is 42.2 Å². The van der Waals surface area contributed by atoms with Gasteiger partial charge in [0.25, 0.3) is 5.91 Å². The van der Waals surface area contributed by atoms with E-state index >= 15 is 0 Å². The van der Waals surface area contributed by atoms with Crippen molar-refractivity contribution in [3.05, 3.63) is 66.0 Å². The number of amides is 2. The molecule has 0 aromatic heterocycles. The van der Waals surface area contributed by atoms with Crippen molar-refractivity contribution in [2.45, 2.75) is 32.9 Å². The first-order valence-electron chi connectivity index (χ1n) is 11.1. The van der Waals surface area contributed by atoms with Crippen LogP contribution in [0.1, 0.15) is 25.8 Å². The predicted octanol–water partition coefficient (Wildman–Crippen LogP) is 3.08. The summed E-state index contributed by atoms with van der Waals surface area (Å²) < 4.78 is 18.6. The van der Waals surface area contributed by atoms with E-state index in [1.807, 2.05) is 36.9 Å². The second-order valence-electron chi connectivity index (χ2n) is 8.47. The van der Waals surface area contributed by atoms with E-state index in [4.69, 9.17) is 4.74 Å². The lowest BCUT2D eigenvalue weighted by atomic mass is 10.0. The lowest BCUT2D eigenvalue weighted by Crippen LogP contribution is -2.52. The lowest BCUT2D eigenvalue weighted by molar-refractivity contribution is -0.138. The first kappa shape index (κ1) is 23.7. The van der Waals surface area contributed by atoms with Crippen LogP contribution in [0, 0.1) is 11.7 Å². The Morgan fingerprint density at radius 1 is 1.00 bits per heavy atom. The topological polar surface area (TPSA) is 61.9 Å². The van der Waals surface area contributed by atoms with Crippen molar-refractivity contribution in [3.63, 3.8) is 0 Å².